The Morgan fingerprint density at radius 3 is 2.25 bits per heavy atom. The highest BCUT2D eigenvalue weighted by molar-refractivity contribution is 5.85. The van der Waals surface area contributed by atoms with E-state index in [0.29, 0.717) is 5.92 Å². The molecule has 0 aliphatic carbocycles. The molecule has 68 valence electrons. The molecule has 0 heterocycles. The molecule has 0 aromatic heterocycles. The van der Waals surface area contributed by atoms with Crippen molar-refractivity contribution in [3.8, 4) is 0 Å². The van der Waals surface area contributed by atoms with E-state index in [1.165, 1.54) is 5.56 Å². The standard InChI is InChI=1S/C9H14N2.ClH/c1-7(2)8-5-3-4-6-9(8)11-10;/h3-7,11H,10H2,1-2H3;1H. The maximum Gasteiger partial charge on any atom is 0.0519 e. The zero-order valence-electron chi connectivity index (χ0n) is 7.37. The van der Waals surface area contributed by atoms with Gasteiger partial charge in [-0.25, -0.2) is 0 Å². The molecular formula is C9H15ClN2. The molecule has 0 aliphatic heterocycles. The van der Waals surface area contributed by atoms with Crippen LogP contribution in [0.1, 0.15) is 25.3 Å². The molecule has 1 aromatic carbocycles. The first-order chi connectivity index (χ1) is 5.25. The number of anilines is 1. The largest absolute Gasteiger partial charge is 0.324 e. The van der Waals surface area contributed by atoms with Gasteiger partial charge in [-0.3, -0.25) is 5.84 Å². The van der Waals surface area contributed by atoms with Gasteiger partial charge in [-0.1, -0.05) is 32.0 Å². The van der Waals surface area contributed by atoms with E-state index >= 15 is 0 Å². The van der Waals surface area contributed by atoms with Crippen LogP contribution in [0.4, 0.5) is 5.69 Å². The van der Waals surface area contributed by atoms with Crippen molar-refractivity contribution in [2.75, 3.05) is 5.43 Å². The SMILES string of the molecule is CC(C)c1ccccc1NN.Cl. The van der Waals surface area contributed by atoms with Crippen LogP contribution in [0.25, 0.3) is 0 Å². The van der Waals surface area contributed by atoms with E-state index in [2.05, 4.69) is 25.3 Å². The third kappa shape index (κ3) is 2.40. The van der Waals surface area contributed by atoms with Gasteiger partial charge in [-0.15, -0.1) is 12.4 Å². The fourth-order valence-corrected chi connectivity index (χ4v) is 1.13. The Hall–Kier alpha value is -0.730. The van der Waals surface area contributed by atoms with Gasteiger partial charge in [0.1, 0.15) is 0 Å². The molecule has 1 aromatic rings. The van der Waals surface area contributed by atoms with Gasteiger partial charge in [0.2, 0.25) is 0 Å². The third-order valence-corrected chi connectivity index (χ3v) is 1.74. The van der Waals surface area contributed by atoms with Crippen molar-refractivity contribution in [1.29, 1.82) is 0 Å². The van der Waals surface area contributed by atoms with E-state index in [1.807, 2.05) is 18.2 Å². The van der Waals surface area contributed by atoms with Gasteiger partial charge in [0.15, 0.2) is 0 Å². The number of hydrazine groups is 1. The second-order valence-corrected chi connectivity index (χ2v) is 2.89. The number of para-hydroxylation sites is 1. The zero-order valence-corrected chi connectivity index (χ0v) is 8.19. The van der Waals surface area contributed by atoms with Crippen molar-refractivity contribution in [2.24, 2.45) is 5.84 Å². The summed E-state index contributed by atoms with van der Waals surface area (Å²) in [6, 6.07) is 8.06. The molecule has 0 fully saturated rings. The average molecular weight is 187 g/mol. The summed E-state index contributed by atoms with van der Waals surface area (Å²) in [5, 5.41) is 0. The lowest BCUT2D eigenvalue weighted by atomic mass is 10.0. The molecule has 0 saturated heterocycles. The minimum Gasteiger partial charge on any atom is -0.324 e. The number of hydrogen-bond acceptors (Lipinski definition) is 2. The van der Waals surface area contributed by atoms with Gasteiger partial charge in [-0.2, -0.15) is 0 Å². The smallest absolute Gasteiger partial charge is 0.0519 e. The molecule has 3 N–H and O–H groups in total. The molecule has 0 saturated carbocycles. The van der Waals surface area contributed by atoms with Crippen LogP contribution in [0.15, 0.2) is 24.3 Å². The number of benzene rings is 1. The van der Waals surface area contributed by atoms with Gasteiger partial charge in [0.05, 0.1) is 5.69 Å². The highest BCUT2D eigenvalue weighted by Gasteiger charge is 2.02. The monoisotopic (exact) mass is 186 g/mol. The van der Waals surface area contributed by atoms with E-state index in [0.717, 1.165) is 5.69 Å². The van der Waals surface area contributed by atoms with Crippen LogP contribution in [0.2, 0.25) is 0 Å². The van der Waals surface area contributed by atoms with Crippen LogP contribution in [0.3, 0.4) is 0 Å². The molecule has 2 nitrogen and oxygen atoms in total. The first-order valence-electron chi connectivity index (χ1n) is 3.81. The number of nitrogens with two attached hydrogens (primary N) is 1. The lowest BCUT2D eigenvalue weighted by molar-refractivity contribution is 0.867. The van der Waals surface area contributed by atoms with Crippen molar-refractivity contribution in [1.82, 2.24) is 0 Å². The molecule has 0 spiro atoms. The van der Waals surface area contributed by atoms with Crippen LogP contribution in [-0.4, -0.2) is 0 Å². The number of halogens is 1. The van der Waals surface area contributed by atoms with Crippen molar-refractivity contribution < 1.29 is 0 Å². The molecule has 0 radical (unpaired) electrons. The minimum atomic E-state index is 0. The molecule has 0 unspecified atom stereocenters. The first kappa shape index (κ1) is 11.3. The molecular weight excluding hydrogens is 172 g/mol. The van der Waals surface area contributed by atoms with E-state index in [-0.39, 0.29) is 12.4 Å². The normalized spacial score (nSPS) is 9.33. The predicted molar refractivity (Wildman–Crippen MR) is 55.6 cm³/mol. The molecule has 1 rings (SSSR count). The van der Waals surface area contributed by atoms with Gasteiger partial charge in [0.25, 0.3) is 0 Å². The minimum absolute atomic E-state index is 0. The second-order valence-electron chi connectivity index (χ2n) is 2.89. The fourth-order valence-electron chi connectivity index (χ4n) is 1.13. The Bertz CT molecular complexity index is 236. The summed E-state index contributed by atoms with van der Waals surface area (Å²) in [7, 11) is 0. The van der Waals surface area contributed by atoms with Crippen molar-refractivity contribution in [3.05, 3.63) is 29.8 Å². The van der Waals surface area contributed by atoms with Gasteiger partial charge < -0.3 is 5.43 Å². The summed E-state index contributed by atoms with van der Waals surface area (Å²) >= 11 is 0. The van der Waals surface area contributed by atoms with Gasteiger partial charge >= 0.3 is 0 Å². The van der Waals surface area contributed by atoms with E-state index < -0.39 is 0 Å². The van der Waals surface area contributed by atoms with Crippen molar-refractivity contribution in [3.63, 3.8) is 0 Å². The fraction of sp³-hybridized carbons (Fsp3) is 0.333. The molecule has 0 bridgehead atoms. The maximum absolute atomic E-state index is 5.34. The number of nitrogen functional groups attached to an aromatic ring is 1. The Labute approximate surface area is 79.5 Å². The third-order valence-electron chi connectivity index (χ3n) is 1.74. The van der Waals surface area contributed by atoms with E-state index in [4.69, 9.17) is 5.84 Å². The summed E-state index contributed by atoms with van der Waals surface area (Å²) in [6.07, 6.45) is 0. The average Bonchev–Trinajstić information content (AvgIpc) is 2.04. The highest BCUT2D eigenvalue weighted by Crippen LogP contribution is 2.22. The van der Waals surface area contributed by atoms with E-state index in [9.17, 15) is 0 Å². The lowest BCUT2D eigenvalue weighted by Crippen LogP contribution is -2.09. The topological polar surface area (TPSA) is 38.0 Å². The Kier molecular flexibility index (Phi) is 4.71. The van der Waals surface area contributed by atoms with Crippen molar-refractivity contribution >= 4 is 18.1 Å². The van der Waals surface area contributed by atoms with Gasteiger partial charge in [-0.05, 0) is 17.5 Å². The molecule has 12 heavy (non-hydrogen) atoms. The van der Waals surface area contributed by atoms with E-state index in [1.54, 1.807) is 0 Å². The van der Waals surface area contributed by atoms with Crippen molar-refractivity contribution in [2.45, 2.75) is 19.8 Å². The summed E-state index contributed by atoms with van der Waals surface area (Å²) in [6.45, 7) is 4.30. The lowest BCUT2D eigenvalue weighted by Gasteiger charge is -2.10. The van der Waals surface area contributed by atoms with Crippen LogP contribution < -0.4 is 11.3 Å². The number of nitrogens with one attached hydrogen (secondary N) is 1. The summed E-state index contributed by atoms with van der Waals surface area (Å²) in [5.41, 5.74) is 4.95. The van der Waals surface area contributed by atoms with Crippen LogP contribution in [0, 0.1) is 0 Å². The second kappa shape index (κ2) is 5.01. The Morgan fingerprint density at radius 2 is 1.83 bits per heavy atom. The Balaban J connectivity index is 0.00000121. The zero-order chi connectivity index (χ0) is 8.27. The van der Waals surface area contributed by atoms with Gasteiger partial charge in [0, 0.05) is 0 Å². The summed E-state index contributed by atoms with van der Waals surface area (Å²) in [5.74, 6) is 5.85. The van der Waals surface area contributed by atoms with Crippen LogP contribution in [-0.2, 0) is 0 Å². The number of rotatable bonds is 2. The first-order valence-corrected chi connectivity index (χ1v) is 3.81. The number of hydrogen-bond donors (Lipinski definition) is 2. The molecule has 0 aliphatic rings. The highest BCUT2D eigenvalue weighted by atomic mass is 35.5. The van der Waals surface area contributed by atoms with Crippen LogP contribution in [0.5, 0.6) is 0 Å². The molecule has 0 atom stereocenters. The quantitative estimate of drug-likeness (QED) is 0.550. The summed E-state index contributed by atoms with van der Waals surface area (Å²) < 4.78 is 0. The molecule has 0 amide bonds. The Morgan fingerprint density at radius 1 is 1.25 bits per heavy atom. The maximum atomic E-state index is 5.34. The summed E-state index contributed by atoms with van der Waals surface area (Å²) in [4.78, 5) is 0. The predicted octanol–water partition coefficient (Wildman–Crippen LogP) is 2.52. The molecule has 3 heteroatoms. The van der Waals surface area contributed by atoms with Crippen LogP contribution >= 0.6 is 12.4 Å².